The monoisotopic (exact) mass is 349 g/mol. The zero-order chi connectivity index (χ0) is 18.6. The van der Waals surface area contributed by atoms with E-state index in [0.717, 1.165) is 6.07 Å². The van der Waals surface area contributed by atoms with Crippen LogP contribution in [0.1, 0.15) is 22.5 Å². The molecule has 0 aliphatic carbocycles. The summed E-state index contributed by atoms with van der Waals surface area (Å²) in [5.41, 5.74) is -0.845. The van der Waals surface area contributed by atoms with Crippen molar-refractivity contribution < 1.29 is 23.1 Å². The van der Waals surface area contributed by atoms with Gasteiger partial charge in [0.05, 0.1) is 30.3 Å². The van der Waals surface area contributed by atoms with Gasteiger partial charge < -0.3 is 10.4 Å². The van der Waals surface area contributed by atoms with Crippen molar-refractivity contribution in [2.24, 2.45) is 0 Å². The second kappa shape index (κ2) is 7.21. The van der Waals surface area contributed by atoms with Crippen LogP contribution < -0.4 is 5.32 Å². The second-order valence-corrected chi connectivity index (χ2v) is 5.36. The van der Waals surface area contributed by atoms with Gasteiger partial charge in [0.15, 0.2) is 5.82 Å². The number of nitrogens with zero attached hydrogens (tertiary/aromatic N) is 2. The second-order valence-electron chi connectivity index (χ2n) is 5.36. The van der Waals surface area contributed by atoms with Crippen molar-refractivity contribution in [1.29, 1.82) is 5.26 Å². The van der Waals surface area contributed by atoms with Crippen LogP contribution in [0.25, 0.3) is 0 Å². The normalized spacial score (nSPS) is 11.0. The molecule has 8 heteroatoms. The van der Waals surface area contributed by atoms with Crippen LogP contribution in [-0.4, -0.2) is 22.6 Å². The molecule has 2 aromatic rings. The number of rotatable bonds is 6. The molecular formula is C17H14F3N3O2. The minimum atomic E-state index is -3.36. The summed E-state index contributed by atoms with van der Waals surface area (Å²) in [4.78, 5) is 14.6. The number of pyridine rings is 1. The predicted octanol–water partition coefficient (Wildman–Crippen LogP) is 3.23. The van der Waals surface area contributed by atoms with E-state index in [1.807, 2.05) is 0 Å². The fraction of sp³-hybridized carbons (Fsp3) is 0.235. The number of nitrogens with one attached hydrogen (secondary N) is 1. The van der Waals surface area contributed by atoms with Crippen LogP contribution in [0.2, 0.25) is 0 Å². The molecule has 2 N–H and O–H groups in total. The highest BCUT2D eigenvalue weighted by atomic mass is 19.3. The van der Waals surface area contributed by atoms with E-state index in [4.69, 9.17) is 10.4 Å². The quantitative estimate of drug-likeness (QED) is 0.836. The van der Waals surface area contributed by atoms with Crippen LogP contribution in [0.5, 0.6) is 0 Å². The van der Waals surface area contributed by atoms with Crippen LogP contribution in [0.15, 0.2) is 30.3 Å². The Hall–Kier alpha value is -3.08. The molecular weight excluding hydrogens is 335 g/mol. The average molecular weight is 349 g/mol. The number of carboxylic acid groups (broad SMARTS) is 1. The molecule has 0 aliphatic rings. The van der Waals surface area contributed by atoms with Gasteiger partial charge in [0.25, 0.3) is 0 Å². The van der Waals surface area contributed by atoms with Crippen molar-refractivity contribution >= 4 is 11.7 Å². The van der Waals surface area contributed by atoms with E-state index >= 15 is 0 Å². The van der Waals surface area contributed by atoms with Crippen molar-refractivity contribution in [3.05, 3.63) is 58.7 Å². The first-order chi connectivity index (χ1) is 11.7. The van der Waals surface area contributed by atoms with E-state index in [0.29, 0.717) is 5.69 Å². The third-order valence-corrected chi connectivity index (χ3v) is 3.46. The zero-order valence-corrected chi connectivity index (χ0v) is 13.2. The first-order valence-electron chi connectivity index (χ1n) is 7.23. The molecule has 2 rings (SSSR count). The molecule has 1 aromatic heterocycles. The Balaban J connectivity index is 2.26. The minimum Gasteiger partial charge on any atom is -0.481 e. The summed E-state index contributed by atoms with van der Waals surface area (Å²) in [6.07, 6.45) is -0.722. The molecule has 25 heavy (non-hydrogen) atoms. The Bertz CT molecular complexity index is 848. The Labute approximate surface area is 141 Å². The number of aliphatic carboxylic acids is 1. The van der Waals surface area contributed by atoms with Crippen molar-refractivity contribution in [1.82, 2.24) is 4.98 Å². The Kier molecular flexibility index (Phi) is 5.27. The molecule has 0 saturated carbocycles. The Morgan fingerprint density at radius 3 is 2.68 bits per heavy atom. The number of aromatic nitrogens is 1. The number of aryl methyl sites for hydroxylation is 1. The Morgan fingerprint density at radius 2 is 2.08 bits per heavy atom. The van der Waals surface area contributed by atoms with Crippen molar-refractivity contribution in [2.75, 3.05) is 11.9 Å². The first-order valence-corrected chi connectivity index (χ1v) is 7.23. The lowest BCUT2D eigenvalue weighted by Gasteiger charge is -2.18. The van der Waals surface area contributed by atoms with Gasteiger partial charge >= 0.3 is 11.9 Å². The lowest BCUT2D eigenvalue weighted by Crippen LogP contribution is -2.26. The molecule has 0 aliphatic heterocycles. The van der Waals surface area contributed by atoms with E-state index in [1.54, 1.807) is 19.1 Å². The number of alkyl halides is 2. The van der Waals surface area contributed by atoms with E-state index in [-0.39, 0.29) is 16.8 Å². The topological polar surface area (TPSA) is 86.0 Å². The van der Waals surface area contributed by atoms with Gasteiger partial charge in [-0.15, -0.1) is 0 Å². The molecule has 1 heterocycles. The molecule has 0 atom stereocenters. The summed E-state index contributed by atoms with van der Waals surface area (Å²) >= 11 is 0. The molecule has 0 unspecified atom stereocenters. The fourth-order valence-corrected chi connectivity index (χ4v) is 2.23. The first kappa shape index (κ1) is 18.3. The van der Waals surface area contributed by atoms with E-state index in [2.05, 4.69) is 10.3 Å². The number of nitriles is 1. The maximum Gasteiger partial charge on any atom is 0.307 e. The lowest BCUT2D eigenvalue weighted by molar-refractivity contribution is -0.136. The SMILES string of the molecule is Cc1cccc(C(F)(F)CNc2ccc(C#N)c(CC(=O)O)c2F)n1. The summed E-state index contributed by atoms with van der Waals surface area (Å²) in [7, 11) is 0. The highest BCUT2D eigenvalue weighted by Gasteiger charge is 2.33. The molecule has 0 amide bonds. The van der Waals surface area contributed by atoms with Crippen LogP contribution in [0.4, 0.5) is 18.9 Å². The third kappa shape index (κ3) is 4.26. The summed E-state index contributed by atoms with van der Waals surface area (Å²) < 4.78 is 42.8. The molecule has 5 nitrogen and oxygen atoms in total. The lowest BCUT2D eigenvalue weighted by atomic mass is 10.0. The third-order valence-electron chi connectivity index (χ3n) is 3.46. The average Bonchev–Trinajstić information content (AvgIpc) is 2.55. The number of hydrogen-bond donors (Lipinski definition) is 2. The largest absolute Gasteiger partial charge is 0.481 e. The summed E-state index contributed by atoms with van der Waals surface area (Å²) in [5.74, 6) is -5.73. The van der Waals surface area contributed by atoms with Crippen molar-refractivity contribution in [3.8, 4) is 6.07 Å². The highest BCUT2D eigenvalue weighted by Crippen LogP contribution is 2.29. The van der Waals surface area contributed by atoms with Gasteiger partial charge in [-0.2, -0.15) is 14.0 Å². The predicted molar refractivity (Wildman–Crippen MR) is 83.8 cm³/mol. The molecule has 0 radical (unpaired) electrons. The van der Waals surface area contributed by atoms with Gasteiger partial charge in [-0.1, -0.05) is 6.07 Å². The zero-order valence-electron chi connectivity index (χ0n) is 13.2. The molecule has 0 spiro atoms. The number of anilines is 1. The minimum absolute atomic E-state index is 0.155. The highest BCUT2D eigenvalue weighted by molar-refractivity contribution is 5.72. The van der Waals surface area contributed by atoms with Gasteiger partial charge in [-0.05, 0) is 31.2 Å². The Morgan fingerprint density at radius 1 is 1.36 bits per heavy atom. The van der Waals surface area contributed by atoms with Gasteiger partial charge in [-0.3, -0.25) is 9.78 Å². The molecule has 1 aromatic carbocycles. The molecule has 0 bridgehead atoms. The van der Waals surface area contributed by atoms with E-state index < -0.39 is 36.4 Å². The maximum absolute atomic E-state index is 14.4. The molecule has 0 saturated heterocycles. The van der Waals surface area contributed by atoms with Crippen molar-refractivity contribution in [3.63, 3.8) is 0 Å². The number of benzene rings is 1. The number of hydrogen-bond acceptors (Lipinski definition) is 4. The van der Waals surface area contributed by atoms with Crippen LogP contribution in [-0.2, 0) is 17.1 Å². The van der Waals surface area contributed by atoms with Crippen LogP contribution >= 0.6 is 0 Å². The number of carboxylic acids is 1. The summed E-state index contributed by atoms with van der Waals surface area (Å²) in [6.45, 7) is 0.643. The summed E-state index contributed by atoms with van der Waals surface area (Å²) in [6, 6.07) is 8.18. The smallest absolute Gasteiger partial charge is 0.307 e. The van der Waals surface area contributed by atoms with Crippen LogP contribution in [0.3, 0.4) is 0 Å². The van der Waals surface area contributed by atoms with Crippen molar-refractivity contribution in [2.45, 2.75) is 19.3 Å². The van der Waals surface area contributed by atoms with Crippen LogP contribution in [0, 0.1) is 24.1 Å². The molecule has 130 valence electrons. The maximum atomic E-state index is 14.4. The van der Waals surface area contributed by atoms with E-state index in [9.17, 15) is 18.0 Å². The fourth-order valence-electron chi connectivity index (χ4n) is 2.23. The number of carbonyl (C=O) groups is 1. The van der Waals surface area contributed by atoms with Gasteiger partial charge in [0.2, 0.25) is 0 Å². The van der Waals surface area contributed by atoms with E-state index in [1.165, 1.54) is 18.2 Å². The van der Waals surface area contributed by atoms with Gasteiger partial charge in [-0.25, -0.2) is 4.39 Å². The molecule has 0 fully saturated rings. The summed E-state index contributed by atoms with van der Waals surface area (Å²) in [5, 5.41) is 20.0. The van der Waals surface area contributed by atoms with Gasteiger partial charge in [0, 0.05) is 11.3 Å². The van der Waals surface area contributed by atoms with Gasteiger partial charge in [0.1, 0.15) is 5.69 Å². The standard InChI is InChI=1S/C17H14F3N3O2/c1-10-3-2-4-14(23-10)17(19,20)9-22-13-6-5-11(8-21)12(16(13)18)7-15(24)25/h2-6,22H,7,9H2,1H3,(H,24,25). The number of halogens is 3.